The van der Waals surface area contributed by atoms with Crippen LogP contribution in [0.4, 0.5) is 0 Å². The van der Waals surface area contributed by atoms with Crippen molar-refractivity contribution in [2.45, 2.75) is 33.2 Å². The Bertz CT molecular complexity index is 885. The number of esters is 1. The lowest BCUT2D eigenvalue weighted by atomic mass is 9.92. The number of piperidine rings is 1. The van der Waals surface area contributed by atoms with Gasteiger partial charge in [-0.25, -0.2) is 4.68 Å². The van der Waals surface area contributed by atoms with Gasteiger partial charge < -0.3 is 9.64 Å². The summed E-state index contributed by atoms with van der Waals surface area (Å²) in [7, 11) is 0. The topological polar surface area (TPSA) is 94.4 Å². The van der Waals surface area contributed by atoms with E-state index >= 15 is 0 Å². The Labute approximate surface area is 157 Å². The monoisotopic (exact) mass is 372 g/mol. The number of aromatic nitrogens is 3. The zero-order valence-corrected chi connectivity index (χ0v) is 15.6. The van der Waals surface area contributed by atoms with E-state index in [0.29, 0.717) is 35.8 Å². The van der Waals surface area contributed by atoms with Crippen LogP contribution < -0.4 is 5.56 Å². The first-order valence-corrected chi connectivity index (χ1v) is 9.20. The number of ether oxygens (including phenoxy) is 1. The Morgan fingerprint density at radius 1 is 1.19 bits per heavy atom. The van der Waals surface area contributed by atoms with Crippen molar-refractivity contribution in [1.82, 2.24) is 19.9 Å². The molecule has 0 saturated carbocycles. The van der Waals surface area contributed by atoms with Crippen LogP contribution in [0.5, 0.6) is 0 Å². The smallest absolute Gasteiger partial charge is 0.308 e. The van der Waals surface area contributed by atoms with Crippen molar-refractivity contribution in [3.8, 4) is 0 Å². The van der Waals surface area contributed by atoms with E-state index in [1.165, 1.54) is 0 Å². The molecular weight excluding hydrogens is 348 g/mol. The fourth-order valence-corrected chi connectivity index (χ4v) is 3.54. The molecule has 1 aromatic heterocycles. The molecule has 0 aliphatic carbocycles. The molecule has 144 valence electrons. The van der Waals surface area contributed by atoms with E-state index in [-0.39, 0.29) is 31.0 Å². The molecule has 3 rings (SSSR count). The van der Waals surface area contributed by atoms with E-state index in [2.05, 4.69) is 24.2 Å². The van der Waals surface area contributed by atoms with Gasteiger partial charge in [0.25, 0.3) is 11.5 Å². The highest BCUT2D eigenvalue weighted by Gasteiger charge is 2.25. The van der Waals surface area contributed by atoms with Gasteiger partial charge >= 0.3 is 5.97 Å². The highest BCUT2D eigenvalue weighted by atomic mass is 16.5. The second-order valence-corrected chi connectivity index (χ2v) is 7.29. The predicted molar refractivity (Wildman–Crippen MR) is 98.9 cm³/mol. The predicted octanol–water partition coefficient (Wildman–Crippen LogP) is 1.23. The Balaban J connectivity index is 1.51. The number of likely N-dealkylation sites (tertiary alicyclic amines) is 1. The van der Waals surface area contributed by atoms with Crippen molar-refractivity contribution in [3.63, 3.8) is 0 Å². The van der Waals surface area contributed by atoms with Gasteiger partial charge in [0, 0.05) is 13.1 Å². The SMILES string of the molecule is CC1CC(C)CN(C(=O)COC(=O)CCn2nnc3ccccc3c2=O)C1. The fourth-order valence-electron chi connectivity index (χ4n) is 3.54. The van der Waals surface area contributed by atoms with Crippen molar-refractivity contribution >= 4 is 22.8 Å². The zero-order chi connectivity index (χ0) is 19.4. The number of carbonyl (C=O) groups excluding carboxylic acids is 2. The van der Waals surface area contributed by atoms with Crippen molar-refractivity contribution in [1.29, 1.82) is 0 Å². The molecule has 1 aliphatic rings. The van der Waals surface area contributed by atoms with Gasteiger partial charge in [0.1, 0.15) is 5.52 Å². The van der Waals surface area contributed by atoms with Crippen LogP contribution in [0, 0.1) is 11.8 Å². The molecule has 2 atom stereocenters. The van der Waals surface area contributed by atoms with Crippen LogP contribution >= 0.6 is 0 Å². The number of amides is 1. The number of rotatable bonds is 5. The number of fused-ring (bicyclic) bond motifs is 1. The maximum atomic E-state index is 12.3. The van der Waals surface area contributed by atoms with Gasteiger partial charge in [0.05, 0.1) is 18.4 Å². The van der Waals surface area contributed by atoms with Crippen LogP contribution in [0.2, 0.25) is 0 Å². The summed E-state index contributed by atoms with van der Waals surface area (Å²) in [6, 6.07) is 6.90. The first kappa shape index (κ1) is 19.0. The third-order valence-electron chi connectivity index (χ3n) is 4.74. The molecule has 8 nitrogen and oxygen atoms in total. The summed E-state index contributed by atoms with van der Waals surface area (Å²) in [5.74, 6) is 0.186. The molecular formula is C19H24N4O4. The quantitative estimate of drug-likeness (QED) is 0.733. The summed E-state index contributed by atoms with van der Waals surface area (Å²) >= 11 is 0. The molecule has 0 radical (unpaired) electrons. The van der Waals surface area contributed by atoms with Crippen LogP contribution in [-0.4, -0.2) is 51.5 Å². The third kappa shape index (κ3) is 4.69. The molecule has 0 N–H and O–H groups in total. The van der Waals surface area contributed by atoms with Gasteiger partial charge in [-0.1, -0.05) is 31.2 Å². The van der Waals surface area contributed by atoms with E-state index in [1.807, 2.05) is 0 Å². The average molecular weight is 372 g/mol. The number of carbonyl (C=O) groups is 2. The lowest BCUT2D eigenvalue weighted by molar-refractivity contribution is -0.153. The van der Waals surface area contributed by atoms with E-state index < -0.39 is 5.97 Å². The number of hydrogen-bond donors (Lipinski definition) is 0. The maximum Gasteiger partial charge on any atom is 0.308 e. The fraction of sp³-hybridized carbons (Fsp3) is 0.526. The molecule has 0 spiro atoms. The summed E-state index contributed by atoms with van der Waals surface area (Å²) in [4.78, 5) is 38.3. The summed E-state index contributed by atoms with van der Waals surface area (Å²) < 4.78 is 6.22. The van der Waals surface area contributed by atoms with Crippen LogP contribution in [-0.2, 0) is 20.9 Å². The van der Waals surface area contributed by atoms with E-state index in [9.17, 15) is 14.4 Å². The Kier molecular flexibility index (Phi) is 5.83. The summed E-state index contributed by atoms with van der Waals surface area (Å²) in [6.45, 7) is 5.41. The summed E-state index contributed by atoms with van der Waals surface area (Å²) in [6.07, 6.45) is 1.05. The summed E-state index contributed by atoms with van der Waals surface area (Å²) in [5, 5.41) is 8.25. The summed E-state index contributed by atoms with van der Waals surface area (Å²) in [5.41, 5.74) is 0.206. The minimum absolute atomic E-state index is 0.0486. The van der Waals surface area contributed by atoms with Gasteiger partial charge in [0.2, 0.25) is 0 Å². The van der Waals surface area contributed by atoms with Gasteiger partial charge in [-0.05, 0) is 30.4 Å². The molecule has 27 heavy (non-hydrogen) atoms. The number of benzene rings is 1. The molecule has 1 amide bonds. The molecule has 2 heterocycles. The normalized spacial score (nSPS) is 19.9. The molecule has 2 aromatic rings. The molecule has 8 heteroatoms. The molecule has 1 aromatic carbocycles. The molecule has 1 aliphatic heterocycles. The van der Waals surface area contributed by atoms with E-state index in [0.717, 1.165) is 11.1 Å². The van der Waals surface area contributed by atoms with Crippen LogP contribution in [0.15, 0.2) is 29.1 Å². The number of hydrogen-bond acceptors (Lipinski definition) is 6. The highest BCUT2D eigenvalue weighted by Crippen LogP contribution is 2.20. The number of aryl methyl sites for hydroxylation is 1. The Morgan fingerprint density at radius 2 is 1.89 bits per heavy atom. The highest BCUT2D eigenvalue weighted by molar-refractivity contribution is 5.80. The van der Waals surface area contributed by atoms with E-state index in [4.69, 9.17) is 4.74 Å². The van der Waals surface area contributed by atoms with Crippen molar-refractivity contribution in [3.05, 3.63) is 34.6 Å². The van der Waals surface area contributed by atoms with Gasteiger partial charge in [-0.2, -0.15) is 0 Å². The van der Waals surface area contributed by atoms with Crippen molar-refractivity contribution in [2.24, 2.45) is 11.8 Å². The molecule has 0 bridgehead atoms. The molecule has 2 unspecified atom stereocenters. The third-order valence-corrected chi connectivity index (χ3v) is 4.74. The first-order valence-electron chi connectivity index (χ1n) is 9.20. The van der Waals surface area contributed by atoms with Crippen LogP contribution in [0.25, 0.3) is 10.9 Å². The van der Waals surface area contributed by atoms with Crippen molar-refractivity contribution in [2.75, 3.05) is 19.7 Å². The minimum atomic E-state index is -0.539. The lowest BCUT2D eigenvalue weighted by Crippen LogP contribution is -2.44. The van der Waals surface area contributed by atoms with Gasteiger partial charge in [0.15, 0.2) is 6.61 Å². The van der Waals surface area contributed by atoms with Crippen molar-refractivity contribution < 1.29 is 14.3 Å². The van der Waals surface area contributed by atoms with Gasteiger partial charge in [-0.15, -0.1) is 5.10 Å². The molecule has 1 saturated heterocycles. The van der Waals surface area contributed by atoms with E-state index in [1.54, 1.807) is 29.2 Å². The maximum absolute atomic E-state index is 12.3. The Morgan fingerprint density at radius 3 is 2.63 bits per heavy atom. The second-order valence-electron chi connectivity index (χ2n) is 7.29. The minimum Gasteiger partial charge on any atom is -0.456 e. The van der Waals surface area contributed by atoms with Gasteiger partial charge in [-0.3, -0.25) is 14.4 Å². The first-order chi connectivity index (χ1) is 12.9. The number of nitrogens with zero attached hydrogens (tertiary/aromatic N) is 4. The molecule has 1 fully saturated rings. The standard InChI is InChI=1S/C19H24N4O4/c1-13-9-14(2)11-22(10-13)17(24)12-27-18(25)7-8-23-19(26)15-5-3-4-6-16(15)20-21-23/h3-6,13-14H,7-12H2,1-2H3. The van der Waals surface area contributed by atoms with Crippen LogP contribution in [0.3, 0.4) is 0 Å². The largest absolute Gasteiger partial charge is 0.456 e. The second kappa shape index (κ2) is 8.28. The van der Waals surface area contributed by atoms with Crippen LogP contribution in [0.1, 0.15) is 26.7 Å². The lowest BCUT2D eigenvalue weighted by Gasteiger charge is -2.34. The zero-order valence-electron chi connectivity index (χ0n) is 15.6. The Hall–Kier alpha value is -2.77. The average Bonchev–Trinajstić information content (AvgIpc) is 2.65.